The van der Waals surface area contributed by atoms with Crippen LogP contribution >= 0.6 is 11.3 Å². The van der Waals surface area contributed by atoms with E-state index in [0.29, 0.717) is 5.13 Å². The molecule has 2 aromatic heterocycles. The number of amides is 1. The molecule has 0 radical (unpaired) electrons. The minimum absolute atomic E-state index is 0.0185. The van der Waals surface area contributed by atoms with E-state index in [1.165, 1.54) is 23.6 Å². The van der Waals surface area contributed by atoms with Gasteiger partial charge in [-0.15, -0.1) is 11.3 Å². The molecule has 1 N–H and O–H groups in total. The molecule has 0 saturated carbocycles. The molecular formula is C22H17F2N3O3S. The number of rotatable bonds is 7. The van der Waals surface area contributed by atoms with Gasteiger partial charge in [0.1, 0.15) is 17.4 Å². The van der Waals surface area contributed by atoms with Crippen molar-refractivity contribution < 1.29 is 22.7 Å². The van der Waals surface area contributed by atoms with Gasteiger partial charge in [0.05, 0.1) is 24.6 Å². The first-order valence-corrected chi connectivity index (χ1v) is 10.2. The number of nitrogens with one attached hydrogen (secondary N) is 1. The van der Waals surface area contributed by atoms with Crippen LogP contribution in [0.3, 0.4) is 0 Å². The summed E-state index contributed by atoms with van der Waals surface area (Å²) in [5.41, 5.74) is 1.37. The maximum Gasteiger partial charge on any atom is 0.226 e. The molecule has 0 aliphatic heterocycles. The Labute approximate surface area is 180 Å². The second kappa shape index (κ2) is 9.05. The summed E-state index contributed by atoms with van der Waals surface area (Å²) in [4.78, 5) is 20.7. The van der Waals surface area contributed by atoms with Crippen LogP contribution in [-0.4, -0.2) is 23.0 Å². The zero-order chi connectivity index (χ0) is 21.8. The second-order valence-electron chi connectivity index (χ2n) is 6.53. The molecule has 0 aliphatic rings. The third-order valence-electron chi connectivity index (χ3n) is 4.46. The molecule has 1 amide bonds. The Morgan fingerprint density at radius 3 is 2.61 bits per heavy atom. The number of halogens is 2. The van der Waals surface area contributed by atoms with E-state index in [2.05, 4.69) is 15.3 Å². The minimum Gasteiger partial charge on any atom is -0.497 e. The molecule has 0 spiro atoms. The molecule has 2 aromatic carbocycles. The number of aromatic nitrogens is 2. The SMILES string of the molecule is COc1ccc(-c2csc(NC(=O)CCc3ncc(-c4c(F)cccc4F)o3)n2)cc1. The summed E-state index contributed by atoms with van der Waals surface area (Å²) in [6, 6.07) is 11.0. The summed E-state index contributed by atoms with van der Waals surface area (Å²) in [6.07, 6.45) is 1.51. The van der Waals surface area contributed by atoms with Crippen LogP contribution in [0.1, 0.15) is 12.3 Å². The topological polar surface area (TPSA) is 77.2 Å². The molecule has 0 atom stereocenters. The van der Waals surface area contributed by atoms with E-state index in [-0.39, 0.29) is 36.0 Å². The number of anilines is 1. The molecule has 31 heavy (non-hydrogen) atoms. The Hall–Kier alpha value is -3.59. The van der Waals surface area contributed by atoms with Gasteiger partial charge in [-0.2, -0.15) is 0 Å². The van der Waals surface area contributed by atoms with Gasteiger partial charge in [-0.3, -0.25) is 4.79 Å². The van der Waals surface area contributed by atoms with E-state index >= 15 is 0 Å². The average molecular weight is 441 g/mol. The van der Waals surface area contributed by atoms with E-state index in [4.69, 9.17) is 9.15 Å². The van der Waals surface area contributed by atoms with Crippen LogP contribution in [0.4, 0.5) is 13.9 Å². The third-order valence-corrected chi connectivity index (χ3v) is 5.22. The number of benzene rings is 2. The molecule has 158 valence electrons. The lowest BCUT2D eigenvalue weighted by Gasteiger charge is -2.02. The van der Waals surface area contributed by atoms with E-state index < -0.39 is 11.6 Å². The summed E-state index contributed by atoms with van der Waals surface area (Å²) in [7, 11) is 1.60. The molecule has 4 rings (SSSR count). The lowest BCUT2D eigenvalue weighted by Crippen LogP contribution is -2.12. The van der Waals surface area contributed by atoms with Crippen LogP contribution < -0.4 is 10.1 Å². The number of ether oxygens (including phenoxy) is 1. The smallest absolute Gasteiger partial charge is 0.226 e. The van der Waals surface area contributed by atoms with Gasteiger partial charge in [0.2, 0.25) is 5.91 Å². The highest BCUT2D eigenvalue weighted by Gasteiger charge is 2.16. The summed E-state index contributed by atoms with van der Waals surface area (Å²) >= 11 is 1.31. The number of nitrogens with zero attached hydrogens (tertiary/aromatic N) is 2. The van der Waals surface area contributed by atoms with Gasteiger partial charge in [-0.05, 0) is 36.4 Å². The minimum atomic E-state index is -0.739. The fraction of sp³-hybridized carbons (Fsp3) is 0.136. The number of thiazole rings is 1. The van der Waals surface area contributed by atoms with Crippen molar-refractivity contribution in [3.8, 4) is 28.3 Å². The van der Waals surface area contributed by atoms with Crippen molar-refractivity contribution in [2.75, 3.05) is 12.4 Å². The highest BCUT2D eigenvalue weighted by Crippen LogP contribution is 2.28. The lowest BCUT2D eigenvalue weighted by atomic mass is 10.1. The molecule has 6 nitrogen and oxygen atoms in total. The molecular weight excluding hydrogens is 424 g/mol. The first kappa shape index (κ1) is 20.7. The average Bonchev–Trinajstić information content (AvgIpc) is 3.42. The highest BCUT2D eigenvalue weighted by atomic mass is 32.1. The fourth-order valence-corrected chi connectivity index (χ4v) is 3.64. The second-order valence-corrected chi connectivity index (χ2v) is 7.39. The number of carbonyl (C=O) groups is 1. The summed E-state index contributed by atoms with van der Waals surface area (Å²) < 4.78 is 38.3. The Morgan fingerprint density at radius 1 is 1.16 bits per heavy atom. The third kappa shape index (κ3) is 4.77. The number of methoxy groups -OCH3 is 1. The van der Waals surface area contributed by atoms with Gasteiger partial charge in [0.15, 0.2) is 16.8 Å². The lowest BCUT2D eigenvalue weighted by molar-refractivity contribution is -0.116. The largest absolute Gasteiger partial charge is 0.497 e. The summed E-state index contributed by atoms with van der Waals surface area (Å²) in [5.74, 6) is -0.804. The zero-order valence-corrected chi connectivity index (χ0v) is 17.2. The predicted octanol–water partition coefficient (Wildman–Crippen LogP) is 5.32. The molecule has 0 unspecified atom stereocenters. The number of hydrogen-bond donors (Lipinski definition) is 1. The summed E-state index contributed by atoms with van der Waals surface area (Å²) in [5, 5.41) is 5.05. The number of hydrogen-bond acceptors (Lipinski definition) is 6. The van der Waals surface area contributed by atoms with Crippen molar-refractivity contribution in [1.29, 1.82) is 0 Å². The van der Waals surface area contributed by atoms with Crippen LogP contribution in [0.15, 0.2) is 58.5 Å². The van der Waals surface area contributed by atoms with E-state index in [0.717, 1.165) is 29.1 Å². The summed E-state index contributed by atoms with van der Waals surface area (Å²) in [6.45, 7) is 0. The van der Waals surface area contributed by atoms with Crippen LogP contribution in [-0.2, 0) is 11.2 Å². The number of carbonyl (C=O) groups excluding carboxylic acids is 1. The van der Waals surface area contributed by atoms with E-state index in [9.17, 15) is 13.6 Å². The Kier molecular flexibility index (Phi) is 6.03. The van der Waals surface area contributed by atoms with E-state index in [1.807, 2.05) is 29.6 Å². The number of aryl methyl sites for hydroxylation is 1. The van der Waals surface area contributed by atoms with Gasteiger partial charge in [-0.25, -0.2) is 18.7 Å². The zero-order valence-electron chi connectivity index (χ0n) is 16.4. The standard InChI is InChI=1S/C22H17F2N3O3S/c1-29-14-7-5-13(6-8-14)17-12-31-22(26-17)27-19(28)9-10-20-25-11-18(30-20)21-15(23)3-2-4-16(21)24/h2-8,11-12H,9-10H2,1H3,(H,26,27,28). The molecule has 0 fully saturated rings. The predicted molar refractivity (Wildman–Crippen MR) is 113 cm³/mol. The molecule has 0 aliphatic carbocycles. The van der Waals surface area contributed by atoms with Gasteiger partial charge in [-0.1, -0.05) is 6.07 Å². The first-order valence-electron chi connectivity index (χ1n) is 9.32. The first-order chi connectivity index (χ1) is 15.0. The molecule has 0 bridgehead atoms. The maximum absolute atomic E-state index is 13.9. The van der Waals surface area contributed by atoms with Crippen molar-refractivity contribution in [1.82, 2.24) is 9.97 Å². The van der Waals surface area contributed by atoms with Crippen LogP contribution in [0.5, 0.6) is 5.75 Å². The van der Waals surface area contributed by atoms with Crippen molar-refractivity contribution in [3.63, 3.8) is 0 Å². The fourth-order valence-electron chi connectivity index (χ4n) is 2.90. The van der Waals surface area contributed by atoms with Crippen LogP contribution in [0.2, 0.25) is 0 Å². The Bertz CT molecular complexity index is 1180. The monoisotopic (exact) mass is 441 g/mol. The highest BCUT2D eigenvalue weighted by molar-refractivity contribution is 7.14. The van der Waals surface area contributed by atoms with Gasteiger partial charge >= 0.3 is 0 Å². The maximum atomic E-state index is 13.9. The quantitative estimate of drug-likeness (QED) is 0.420. The van der Waals surface area contributed by atoms with Gasteiger partial charge in [0, 0.05) is 23.8 Å². The molecule has 0 saturated heterocycles. The van der Waals surface area contributed by atoms with Crippen molar-refractivity contribution in [2.45, 2.75) is 12.8 Å². The van der Waals surface area contributed by atoms with Gasteiger partial charge in [0.25, 0.3) is 0 Å². The molecule has 9 heteroatoms. The van der Waals surface area contributed by atoms with Gasteiger partial charge < -0.3 is 14.5 Å². The molecule has 2 heterocycles. The Morgan fingerprint density at radius 2 is 1.90 bits per heavy atom. The van der Waals surface area contributed by atoms with Crippen molar-refractivity contribution >= 4 is 22.4 Å². The number of oxazole rings is 1. The normalized spacial score (nSPS) is 10.8. The van der Waals surface area contributed by atoms with Crippen molar-refractivity contribution in [2.24, 2.45) is 0 Å². The van der Waals surface area contributed by atoms with E-state index in [1.54, 1.807) is 7.11 Å². The Balaban J connectivity index is 1.35. The van der Waals surface area contributed by atoms with Crippen LogP contribution in [0.25, 0.3) is 22.6 Å². The van der Waals surface area contributed by atoms with Crippen LogP contribution in [0, 0.1) is 11.6 Å². The van der Waals surface area contributed by atoms with Crippen molar-refractivity contribution in [3.05, 3.63) is 71.6 Å². The molecule has 4 aromatic rings.